The van der Waals surface area contributed by atoms with Gasteiger partial charge in [0.2, 0.25) is 0 Å². The number of hydrogen-bond acceptors (Lipinski definition) is 3. The predicted molar refractivity (Wildman–Crippen MR) is 75.5 cm³/mol. The normalized spacial score (nSPS) is 10.1. The largest absolute Gasteiger partial charge is 0.397 e. The van der Waals surface area contributed by atoms with Gasteiger partial charge >= 0.3 is 0 Å². The lowest BCUT2D eigenvalue weighted by atomic mass is 10.1. The van der Waals surface area contributed by atoms with E-state index < -0.39 is 0 Å². The van der Waals surface area contributed by atoms with E-state index in [1.807, 2.05) is 19.1 Å². The van der Waals surface area contributed by atoms with Crippen LogP contribution in [-0.4, -0.2) is 10.9 Å². The van der Waals surface area contributed by atoms with Crippen LogP contribution in [0.1, 0.15) is 16.1 Å². The number of carbonyl (C=O) groups is 1. The summed E-state index contributed by atoms with van der Waals surface area (Å²) in [6.45, 7) is 1.89. The Bertz CT molecular complexity index is 578. The Labute approximate surface area is 113 Å². The highest BCUT2D eigenvalue weighted by Gasteiger charge is 2.13. The average Bonchev–Trinajstić information content (AvgIpc) is 2.34. The fraction of sp³-hybridized carbons (Fsp3) is 0.0769. The van der Waals surface area contributed by atoms with Gasteiger partial charge in [-0.2, -0.15) is 0 Å². The summed E-state index contributed by atoms with van der Waals surface area (Å²) >= 11 is 3.29. The molecule has 92 valence electrons. The molecule has 3 N–H and O–H groups in total. The molecule has 1 amide bonds. The van der Waals surface area contributed by atoms with Gasteiger partial charge < -0.3 is 11.1 Å². The molecule has 0 unspecified atom stereocenters. The number of amides is 1. The summed E-state index contributed by atoms with van der Waals surface area (Å²) in [6, 6.07) is 9.00. The first-order valence-electron chi connectivity index (χ1n) is 5.36. The highest BCUT2D eigenvalue weighted by Crippen LogP contribution is 2.24. The fourth-order valence-electron chi connectivity index (χ4n) is 1.59. The Morgan fingerprint density at radius 3 is 2.78 bits per heavy atom. The van der Waals surface area contributed by atoms with Crippen molar-refractivity contribution < 1.29 is 4.79 Å². The minimum atomic E-state index is -0.288. The number of rotatable bonds is 2. The molecule has 18 heavy (non-hydrogen) atoms. The van der Waals surface area contributed by atoms with Crippen LogP contribution in [0.3, 0.4) is 0 Å². The van der Waals surface area contributed by atoms with E-state index in [1.165, 1.54) is 0 Å². The van der Waals surface area contributed by atoms with Gasteiger partial charge in [0, 0.05) is 10.7 Å². The van der Waals surface area contributed by atoms with Crippen LogP contribution in [-0.2, 0) is 0 Å². The monoisotopic (exact) mass is 305 g/mol. The molecule has 0 bridgehead atoms. The number of nitrogens with two attached hydrogens (primary N) is 1. The third-order valence-corrected chi connectivity index (χ3v) is 3.16. The summed E-state index contributed by atoms with van der Waals surface area (Å²) in [5.74, 6) is -0.288. The Hall–Kier alpha value is -1.88. The minimum absolute atomic E-state index is 0.288. The summed E-state index contributed by atoms with van der Waals surface area (Å²) in [5, 5.41) is 2.78. The first-order valence-corrected chi connectivity index (χ1v) is 6.16. The molecule has 1 aromatic heterocycles. The molecule has 0 aliphatic carbocycles. The van der Waals surface area contributed by atoms with Gasteiger partial charge in [0.05, 0.1) is 11.4 Å². The van der Waals surface area contributed by atoms with E-state index in [0.29, 0.717) is 21.5 Å². The molecule has 0 aliphatic heterocycles. The summed E-state index contributed by atoms with van der Waals surface area (Å²) < 4.78 is 0.648. The molecule has 1 heterocycles. The number of nitrogens with one attached hydrogen (secondary N) is 1. The molecular weight excluding hydrogens is 294 g/mol. The van der Waals surface area contributed by atoms with E-state index in [2.05, 4.69) is 26.2 Å². The maximum atomic E-state index is 12.1. The molecule has 0 saturated heterocycles. The van der Waals surface area contributed by atoms with Gasteiger partial charge in [0.1, 0.15) is 5.69 Å². The molecule has 5 heteroatoms. The Morgan fingerprint density at radius 2 is 2.11 bits per heavy atom. The summed E-state index contributed by atoms with van der Waals surface area (Å²) in [5.41, 5.74) is 8.25. The minimum Gasteiger partial charge on any atom is -0.397 e. The van der Waals surface area contributed by atoms with Crippen molar-refractivity contribution in [3.63, 3.8) is 0 Å². The smallest absolute Gasteiger partial charge is 0.275 e. The number of nitrogens with zero attached hydrogens (tertiary/aromatic N) is 1. The Kier molecular flexibility index (Phi) is 3.62. The van der Waals surface area contributed by atoms with E-state index in [-0.39, 0.29) is 5.91 Å². The van der Waals surface area contributed by atoms with Crippen molar-refractivity contribution in [1.82, 2.24) is 4.98 Å². The van der Waals surface area contributed by atoms with Crippen molar-refractivity contribution in [3.05, 3.63) is 52.3 Å². The van der Waals surface area contributed by atoms with Gasteiger partial charge in [0.25, 0.3) is 5.91 Å². The number of nitrogen functional groups attached to an aromatic ring is 1. The standard InChI is InChI=1S/C13H12BrN3O/c1-8-4-2-6-10(15)11(8)17-13(18)12-9(14)5-3-7-16-12/h2-7H,15H2,1H3,(H,17,18). The first-order chi connectivity index (χ1) is 8.59. The van der Waals surface area contributed by atoms with Gasteiger partial charge in [-0.05, 0) is 46.6 Å². The lowest BCUT2D eigenvalue weighted by Gasteiger charge is -2.11. The number of anilines is 2. The van der Waals surface area contributed by atoms with Gasteiger partial charge in [-0.1, -0.05) is 12.1 Å². The number of para-hydroxylation sites is 1. The number of halogens is 1. The molecule has 0 saturated carbocycles. The number of aromatic nitrogens is 1. The molecule has 0 radical (unpaired) electrons. The fourth-order valence-corrected chi connectivity index (χ4v) is 2.02. The quantitative estimate of drug-likeness (QED) is 0.838. The van der Waals surface area contributed by atoms with Gasteiger partial charge in [-0.15, -0.1) is 0 Å². The average molecular weight is 306 g/mol. The molecular formula is C13H12BrN3O. The maximum absolute atomic E-state index is 12.1. The van der Waals surface area contributed by atoms with Crippen molar-refractivity contribution in [3.8, 4) is 0 Å². The van der Waals surface area contributed by atoms with Crippen LogP contribution in [0.4, 0.5) is 11.4 Å². The van der Waals surface area contributed by atoms with Crippen LogP contribution in [0, 0.1) is 6.92 Å². The molecule has 0 fully saturated rings. The van der Waals surface area contributed by atoms with E-state index in [1.54, 1.807) is 24.4 Å². The molecule has 2 rings (SSSR count). The number of pyridine rings is 1. The SMILES string of the molecule is Cc1cccc(N)c1NC(=O)c1ncccc1Br. The third-order valence-electron chi connectivity index (χ3n) is 2.52. The summed E-state index contributed by atoms with van der Waals surface area (Å²) in [7, 11) is 0. The second kappa shape index (κ2) is 5.18. The highest BCUT2D eigenvalue weighted by atomic mass is 79.9. The van der Waals surface area contributed by atoms with Gasteiger partial charge in [-0.3, -0.25) is 4.79 Å². The first kappa shape index (κ1) is 12.6. The zero-order valence-electron chi connectivity index (χ0n) is 9.77. The zero-order valence-corrected chi connectivity index (χ0v) is 11.4. The predicted octanol–water partition coefficient (Wildman–Crippen LogP) is 2.99. The zero-order chi connectivity index (χ0) is 13.1. The van der Waals surface area contributed by atoms with Crippen molar-refractivity contribution >= 4 is 33.2 Å². The lowest BCUT2D eigenvalue weighted by molar-refractivity contribution is 0.102. The second-order valence-corrected chi connectivity index (χ2v) is 4.68. The van der Waals surface area contributed by atoms with Gasteiger partial charge in [-0.25, -0.2) is 4.98 Å². The second-order valence-electron chi connectivity index (χ2n) is 3.83. The number of aryl methyl sites for hydroxylation is 1. The van der Waals surface area contributed by atoms with E-state index in [0.717, 1.165) is 5.56 Å². The summed E-state index contributed by atoms with van der Waals surface area (Å²) in [6.07, 6.45) is 1.57. The maximum Gasteiger partial charge on any atom is 0.275 e. The number of carbonyl (C=O) groups excluding carboxylic acids is 1. The Balaban J connectivity index is 2.30. The molecule has 1 aromatic carbocycles. The highest BCUT2D eigenvalue weighted by molar-refractivity contribution is 9.10. The molecule has 0 atom stereocenters. The lowest BCUT2D eigenvalue weighted by Crippen LogP contribution is -2.16. The van der Waals surface area contributed by atoms with Crippen LogP contribution in [0.2, 0.25) is 0 Å². The molecule has 4 nitrogen and oxygen atoms in total. The topological polar surface area (TPSA) is 68.0 Å². The van der Waals surface area contributed by atoms with Crippen LogP contribution in [0.5, 0.6) is 0 Å². The van der Waals surface area contributed by atoms with Crippen molar-refractivity contribution in [2.45, 2.75) is 6.92 Å². The number of benzene rings is 1. The molecule has 0 aliphatic rings. The summed E-state index contributed by atoms with van der Waals surface area (Å²) in [4.78, 5) is 16.1. The van der Waals surface area contributed by atoms with Crippen molar-refractivity contribution in [1.29, 1.82) is 0 Å². The van der Waals surface area contributed by atoms with E-state index in [9.17, 15) is 4.79 Å². The third kappa shape index (κ3) is 2.51. The van der Waals surface area contributed by atoms with Crippen LogP contribution in [0.15, 0.2) is 41.0 Å². The van der Waals surface area contributed by atoms with E-state index in [4.69, 9.17) is 5.73 Å². The van der Waals surface area contributed by atoms with E-state index >= 15 is 0 Å². The van der Waals surface area contributed by atoms with Gasteiger partial charge in [0.15, 0.2) is 0 Å². The Morgan fingerprint density at radius 1 is 1.33 bits per heavy atom. The van der Waals surface area contributed by atoms with Crippen LogP contribution < -0.4 is 11.1 Å². The van der Waals surface area contributed by atoms with Crippen LogP contribution in [0.25, 0.3) is 0 Å². The van der Waals surface area contributed by atoms with Crippen molar-refractivity contribution in [2.24, 2.45) is 0 Å². The number of hydrogen-bond donors (Lipinski definition) is 2. The molecule has 0 spiro atoms. The van der Waals surface area contributed by atoms with Crippen molar-refractivity contribution in [2.75, 3.05) is 11.1 Å². The van der Waals surface area contributed by atoms with Crippen LogP contribution >= 0.6 is 15.9 Å². The molecule has 2 aromatic rings.